The third kappa shape index (κ3) is 3.61. The average Bonchev–Trinajstić information content (AvgIpc) is 2.36. The van der Waals surface area contributed by atoms with Crippen LogP contribution in [0.5, 0.6) is 0 Å². The van der Waals surface area contributed by atoms with E-state index in [2.05, 4.69) is 10.7 Å². The molecule has 5 nitrogen and oxygen atoms in total. The van der Waals surface area contributed by atoms with Crippen LogP contribution in [0.25, 0.3) is 0 Å². The molecule has 0 aliphatic heterocycles. The largest absolute Gasteiger partial charge is 0.451 e. The van der Waals surface area contributed by atoms with E-state index in [-0.39, 0.29) is 18.8 Å². The maximum Gasteiger partial charge on any atom is 0.324 e. The van der Waals surface area contributed by atoms with Crippen molar-refractivity contribution in [2.45, 2.75) is 12.5 Å². The molecule has 0 aliphatic carbocycles. The van der Waals surface area contributed by atoms with Crippen molar-refractivity contribution in [2.24, 2.45) is 5.73 Å². The quantitative estimate of drug-likeness (QED) is 0.338. The standard InChI is InChI=1S/C13H14N2O3/c1-2-7-18-13(17)11(15)8-12(16)9-5-3-4-6-10(9)14/h1,3-6,11H,7-8,14-15H2. The zero-order chi connectivity index (χ0) is 13.5. The molecule has 0 fully saturated rings. The Hall–Kier alpha value is -2.32. The number of hydrogen-bond acceptors (Lipinski definition) is 5. The zero-order valence-corrected chi connectivity index (χ0v) is 9.76. The Bertz CT molecular complexity index is 491. The van der Waals surface area contributed by atoms with E-state index in [9.17, 15) is 9.59 Å². The van der Waals surface area contributed by atoms with Gasteiger partial charge in [0.15, 0.2) is 12.4 Å². The van der Waals surface area contributed by atoms with E-state index in [1.807, 2.05) is 0 Å². The Labute approximate surface area is 105 Å². The molecule has 1 aromatic rings. The van der Waals surface area contributed by atoms with Crippen molar-refractivity contribution in [1.29, 1.82) is 0 Å². The van der Waals surface area contributed by atoms with Crippen LogP contribution in [-0.2, 0) is 9.53 Å². The van der Waals surface area contributed by atoms with Crippen LogP contribution in [-0.4, -0.2) is 24.4 Å². The number of benzene rings is 1. The lowest BCUT2D eigenvalue weighted by atomic mass is 10.0. The summed E-state index contributed by atoms with van der Waals surface area (Å²) in [6.07, 6.45) is 4.77. The molecule has 0 aliphatic rings. The van der Waals surface area contributed by atoms with Gasteiger partial charge in [0, 0.05) is 17.7 Å². The molecular formula is C13H14N2O3. The van der Waals surface area contributed by atoms with Gasteiger partial charge in [-0.2, -0.15) is 0 Å². The lowest BCUT2D eigenvalue weighted by Crippen LogP contribution is -2.34. The third-order valence-corrected chi connectivity index (χ3v) is 2.27. The van der Waals surface area contributed by atoms with Crippen LogP contribution in [0.3, 0.4) is 0 Å². The molecule has 0 radical (unpaired) electrons. The summed E-state index contributed by atoms with van der Waals surface area (Å²) in [5.41, 5.74) is 11.9. The van der Waals surface area contributed by atoms with Gasteiger partial charge in [0.05, 0.1) is 0 Å². The molecule has 0 heterocycles. The topological polar surface area (TPSA) is 95.4 Å². The Balaban J connectivity index is 2.63. The van der Waals surface area contributed by atoms with Crippen LogP contribution in [0.4, 0.5) is 5.69 Å². The first-order chi connectivity index (χ1) is 8.56. The van der Waals surface area contributed by atoms with Gasteiger partial charge in [-0.3, -0.25) is 9.59 Å². The van der Waals surface area contributed by atoms with Crippen molar-refractivity contribution in [3.63, 3.8) is 0 Å². The Morgan fingerprint density at radius 3 is 2.67 bits per heavy atom. The number of nitrogen functional groups attached to an aromatic ring is 1. The van der Waals surface area contributed by atoms with E-state index in [0.717, 1.165) is 0 Å². The lowest BCUT2D eigenvalue weighted by molar-refractivity contribution is -0.143. The first kappa shape index (κ1) is 13.7. The maximum atomic E-state index is 11.8. The summed E-state index contributed by atoms with van der Waals surface area (Å²) in [7, 11) is 0. The van der Waals surface area contributed by atoms with Crippen LogP contribution in [0, 0.1) is 12.3 Å². The highest BCUT2D eigenvalue weighted by atomic mass is 16.5. The van der Waals surface area contributed by atoms with Crippen LogP contribution in [0.2, 0.25) is 0 Å². The number of nitrogens with two attached hydrogens (primary N) is 2. The smallest absolute Gasteiger partial charge is 0.324 e. The molecule has 1 atom stereocenters. The number of carbonyl (C=O) groups excluding carboxylic acids is 2. The maximum absolute atomic E-state index is 11.8. The minimum absolute atomic E-state index is 0.159. The van der Waals surface area contributed by atoms with Crippen LogP contribution >= 0.6 is 0 Å². The van der Waals surface area contributed by atoms with Crippen molar-refractivity contribution >= 4 is 17.4 Å². The second kappa shape index (κ2) is 6.42. The van der Waals surface area contributed by atoms with E-state index in [1.165, 1.54) is 0 Å². The molecule has 1 aromatic carbocycles. The highest BCUT2D eigenvalue weighted by Gasteiger charge is 2.20. The fourth-order valence-electron chi connectivity index (χ4n) is 1.36. The van der Waals surface area contributed by atoms with Crippen LogP contribution in [0.1, 0.15) is 16.8 Å². The van der Waals surface area contributed by atoms with Gasteiger partial charge in [0.25, 0.3) is 0 Å². The number of carbonyl (C=O) groups is 2. The fourth-order valence-corrected chi connectivity index (χ4v) is 1.36. The van der Waals surface area contributed by atoms with Crippen molar-refractivity contribution < 1.29 is 14.3 Å². The van der Waals surface area contributed by atoms with Gasteiger partial charge in [0.1, 0.15) is 6.04 Å². The summed E-state index contributed by atoms with van der Waals surface area (Å²) >= 11 is 0. The summed E-state index contributed by atoms with van der Waals surface area (Å²) in [4.78, 5) is 23.2. The minimum Gasteiger partial charge on any atom is -0.451 e. The van der Waals surface area contributed by atoms with Gasteiger partial charge < -0.3 is 16.2 Å². The predicted octanol–water partition coefficient (Wildman–Crippen LogP) is 0.345. The molecule has 18 heavy (non-hydrogen) atoms. The first-order valence-corrected chi connectivity index (χ1v) is 5.29. The van der Waals surface area contributed by atoms with Crippen LogP contribution in [0.15, 0.2) is 24.3 Å². The molecule has 0 saturated heterocycles. The summed E-state index contributed by atoms with van der Waals surface area (Å²) in [6, 6.07) is 5.55. The highest BCUT2D eigenvalue weighted by molar-refractivity contribution is 6.02. The second-order valence-corrected chi connectivity index (χ2v) is 3.63. The number of ether oxygens (including phenoxy) is 1. The molecule has 5 heteroatoms. The molecular weight excluding hydrogens is 232 g/mol. The predicted molar refractivity (Wildman–Crippen MR) is 67.6 cm³/mol. The summed E-state index contributed by atoms with van der Waals surface area (Å²) < 4.78 is 4.64. The monoisotopic (exact) mass is 246 g/mol. The first-order valence-electron chi connectivity index (χ1n) is 5.29. The number of rotatable bonds is 5. The number of terminal acetylenes is 1. The Morgan fingerprint density at radius 2 is 2.06 bits per heavy atom. The van der Waals surface area contributed by atoms with Crippen molar-refractivity contribution in [1.82, 2.24) is 0 Å². The van der Waals surface area contributed by atoms with Crippen molar-refractivity contribution in [3.8, 4) is 12.3 Å². The number of anilines is 1. The summed E-state index contributed by atoms with van der Waals surface area (Å²) in [5, 5.41) is 0. The normalized spacial score (nSPS) is 11.3. The number of Topliss-reactive ketones (excluding diaryl/α,β-unsaturated/α-hetero) is 1. The Morgan fingerprint density at radius 1 is 1.39 bits per heavy atom. The molecule has 4 N–H and O–H groups in total. The molecule has 1 unspecified atom stereocenters. The highest BCUT2D eigenvalue weighted by Crippen LogP contribution is 2.13. The zero-order valence-electron chi connectivity index (χ0n) is 9.76. The number of esters is 1. The van der Waals surface area contributed by atoms with Gasteiger partial charge in [-0.1, -0.05) is 18.1 Å². The molecule has 0 aromatic heterocycles. The third-order valence-electron chi connectivity index (χ3n) is 2.27. The fraction of sp³-hybridized carbons (Fsp3) is 0.231. The molecule has 1 rings (SSSR count). The Kier molecular flexibility index (Phi) is 4.90. The SMILES string of the molecule is C#CCOC(=O)C(N)CC(=O)c1ccccc1N. The van der Waals surface area contributed by atoms with Crippen molar-refractivity contribution in [3.05, 3.63) is 29.8 Å². The summed E-state index contributed by atoms with van der Waals surface area (Å²) in [6.45, 7) is -0.159. The van der Waals surface area contributed by atoms with Crippen LogP contribution < -0.4 is 11.5 Å². The molecule has 0 bridgehead atoms. The van der Waals surface area contributed by atoms with E-state index in [0.29, 0.717) is 11.3 Å². The minimum atomic E-state index is -1.04. The number of para-hydroxylation sites is 1. The van der Waals surface area contributed by atoms with E-state index < -0.39 is 12.0 Å². The lowest BCUT2D eigenvalue weighted by Gasteiger charge is -2.10. The van der Waals surface area contributed by atoms with Crippen molar-refractivity contribution in [2.75, 3.05) is 12.3 Å². The molecule has 0 spiro atoms. The van der Waals surface area contributed by atoms with Gasteiger partial charge in [-0.05, 0) is 12.1 Å². The second-order valence-electron chi connectivity index (χ2n) is 3.63. The molecule has 0 amide bonds. The van der Waals surface area contributed by atoms with E-state index in [1.54, 1.807) is 24.3 Å². The number of hydrogen-bond donors (Lipinski definition) is 2. The number of ketones is 1. The summed E-state index contributed by atoms with van der Waals surface area (Å²) in [5.74, 6) is 1.14. The van der Waals surface area contributed by atoms with Gasteiger partial charge in [-0.15, -0.1) is 6.42 Å². The molecule has 0 saturated carbocycles. The van der Waals surface area contributed by atoms with E-state index >= 15 is 0 Å². The molecule has 94 valence electrons. The van der Waals surface area contributed by atoms with E-state index in [4.69, 9.17) is 17.9 Å². The van der Waals surface area contributed by atoms with Gasteiger partial charge in [0.2, 0.25) is 0 Å². The van der Waals surface area contributed by atoms with Gasteiger partial charge in [-0.25, -0.2) is 0 Å². The average molecular weight is 246 g/mol. The van der Waals surface area contributed by atoms with Gasteiger partial charge >= 0.3 is 5.97 Å².